The van der Waals surface area contributed by atoms with E-state index in [4.69, 9.17) is 9.47 Å². The van der Waals surface area contributed by atoms with Gasteiger partial charge in [0.15, 0.2) is 0 Å². The van der Waals surface area contributed by atoms with Crippen molar-refractivity contribution in [1.82, 2.24) is 24.8 Å². The van der Waals surface area contributed by atoms with Crippen LogP contribution in [0.1, 0.15) is 54.5 Å². The predicted octanol–water partition coefficient (Wildman–Crippen LogP) is 5.03. The molecule has 7 rings (SSSR count). The van der Waals surface area contributed by atoms with Gasteiger partial charge < -0.3 is 19.3 Å². The summed E-state index contributed by atoms with van der Waals surface area (Å²) in [4.78, 5) is 36.7. The molecule has 0 unspecified atom stereocenters. The molecule has 0 saturated carbocycles. The van der Waals surface area contributed by atoms with Crippen LogP contribution < -0.4 is 14.4 Å². The molecule has 13 heteroatoms. The van der Waals surface area contributed by atoms with Crippen LogP contribution in [0.5, 0.6) is 5.88 Å². The Morgan fingerprint density at radius 2 is 1.67 bits per heavy atom. The van der Waals surface area contributed by atoms with Crippen molar-refractivity contribution in [1.29, 1.82) is 0 Å². The zero-order chi connectivity index (χ0) is 34.6. The van der Waals surface area contributed by atoms with Gasteiger partial charge in [0.05, 0.1) is 59.9 Å². The van der Waals surface area contributed by atoms with E-state index in [1.807, 2.05) is 32.0 Å². The summed E-state index contributed by atoms with van der Waals surface area (Å²) in [5, 5.41) is 0. The lowest BCUT2D eigenvalue weighted by molar-refractivity contribution is -0.127. The Bertz CT molecular complexity index is 1980. The molecule has 1 amide bonds. The van der Waals surface area contributed by atoms with E-state index in [0.717, 1.165) is 48.7 Å². The number of nitrogens with one attached hydrogen (secondary N) is 1. The van der Waals surface area contributed by atoms with Crippen LogP contribution in [-0.2, 0) is 21.3 Å². The van der Waals surface area contributed by atoms with E-state index in [2.05, 4.69) is 50.3 Å². The number of amides is 1. The number of aromatic nitrogens is 4. The van der Waals surface area contributed by atoms with Gasteiger partial charge in [0.2, 0.25) is 11.8 Å². The minimum atomic E-state index is -4.17. The molecule has 2 saturated heterocycles. The molecule has 1 spiro atoms. The van der Waals surface area contributed by atoms with E-state index < -0.39 is 16.1 Å². The molecule has 3 aliphatic heterocycles. The molecule has 3 aliphatic rings. The van der Waals surface area contributed by atoms with Crippen LogP contribution in [0.25, 0.3) is 11.3 Å². The van der Waals surface area contributed by atoms with Crippen molar-refractivity contribution >= 4 is 27.6 Å². The average molecular weight is 684 g/mol. The summed E-state index contributed by atoms with van der Waals surface area (Å²) in [5.41, 5.74) is 4.54. The summed E-state index contributed by atoms with van der Waals surface area (Å²) >= 11 is 0. The first-order chi connectivity index (χ1) is 23.3. The zero-order valence-electron chi connectivity index (χ0n) is 28.4. The highest BCUT2D eigenvalue weighted by Crippen LogP contribution is 2.40. The van der Waals surface area contributed by atoms with E-state index in [0.29, 0.717) is 17.9 Å². The number of anilines is 2. The minimum absolute atomic E-state index is 0.0850. The van der Waals surface area contributed by atoms with Crippen molar-refractivity contribution in [2.24, 2.45) is 10.8 Å². The monoisotopic (exact) mass is 683 g/mol. The number of sulfonamides is 1. The largest absolute Gasteiger partial charge is 0.475 e. The maximum atomic E-state index is 14.4. The maximum Gasteiger partial charge on any atom is 0.264 e. The highest BCUT2D eigenvalue weighted by atomic mass is 32.2. The second-order valence-electron chi connectivity index (χ2n) is 14.7. The average Bonchev–Trinajstić information content (AvgIpc) is 3.00. The number of fused-ring (bicyclic) bond motifs is 4. The highest BCUT2D eigenvalue weighted by molar-refractivity contribution is 7.92. The molecule has 2 fully saturated rings. The highest BCUT2D eigenvalue weighted by Gasteiger charge is 2.49. The smallest absolute Gasteiger partial charge is 0.264 e. The Labute approximate surface area is 287 Å². The van der Waals surface area contributed by atoms with Crippen LogP contribution in [0.2, 0.25) is 0 Å². The number of carbonyl (C=O) groups is 1. The summed E-state index contributed by atoms with van der Waals surface area (Å²) in [7, 11) is -4.17. The fraction of sp³-hybridized carbons (Fsp3) is 0.417. The first-order valence-corrected chi connectivity index (χ1v) is 17.9. The zero-order valence-corrected chi connectivity index (χ0v) is 29.2. The van der Waals surface area contributed by atoms with E-state index in [-0.39, 0.29) is 52.2 Å². The van der Waals surface area contributed by atoms with E-state index >= 15 is 0 Å². The van der Waals surface area contributed by atoms with Crippen LogP contribution in [0.4, 0.5) is 11.6 Å². The quantitative estimate of drug-likeness (QED) is 0.305. The Morgan fingerprint density at radius 1 is 0.980 bits per heavy atom. The Kier molecular flexibility index (Phi) is 8.30. The summed E-state index contributed by atoms with van der Waals surface area (Å²) in [6.45, 7) is 13.9. The van der Waals surface area contributed by atoms with E-state index in [9.17, 15) is 13.2 Å². The molecule has 4 bridgehead atoms. The third-order valence-electron chi connectivity index (χ3n) is 9.27. The number of nitrogens with zero attached hydrogens (tertiary/aromatic N) is 6. The van der Waals surface area contributed by atoms with Gasteiger partial charge >= 0.3 is 0 Å². The molecule has 49 heavy (non-hydrogen) atoms. The van der Waals surface area contributed by atoms with Gasteiger partial charge in [-0.2, -0.15) is 4.98 Å². The third kappa shape index (κ3) is 6.82. The Hall–Kier alpha value is -4.62. The molecule has 4 aromatic rings. The summed E-state index contributed by atoms with van der Waals surface area (Å²) in [5.74, 6) is 0.175. The molecule has 5 heterocycles. The molecule has 1 atom stereocenters. The Balaban J connectivity index is 1.27. The van der Waals surface area contributed by atoms with Gasteiger partial charge in [-0.1, -0.05) is 45.0 Å². The standard InChI is InChI=1S/C36H41N7O5S/c1-23-8-6-9-24(2)32(23)29-13-31-40-34(39-29)41-49(45,46)28-11-7-10-25(12-28)33(44)43(26(18-48-31)14-35(3,4)5)17-30-37-15-27(16-38-30)42-19-36(20-42)21-47-22-36/h6-13,15-16,26H,14,17-22H2,1-5H3,(H,39,40,41)/t26-/m1/s1. The van der Waals surface area contributed by atoms with Crippen LogP contribution in [0, 0.1) is 24.7 Å². The fourth-order valence-corrected chi connectivity index (χ4v) is 7.80. The minimum Gasteiger partial charge on any atom is -0.475 e. The van der Waals surface area contributed by atoms with Gasteiger partial charge in [-0.05, 0) is 55.0 Å². The second-order valence-corrected chi connectivity index (χ2v) is 16.4. The number of hydrogen-bond donors (Lipinski definition) is 1. The molecule has 0 radical (unpaired) electrons. The second kappa shape index (κ2) is 12.4. The molecule has 2 aromatic heterocycles. The predicted molar refractivity (Wildman–Crippen MR) is 185 cm³/mol. The first kappa shape index (κ1) is 32.9. The lowest BCUT2D eigenvalue weighted by Crippen LogP contribution is -2.66. The number of hydrogen-bond acceptors (Lipinski definition) is 10. The topological polar surface area (TPSA) is 140 Å². The molecule has 12 nitrogen and oxygen atoms in total. The Morgan fingerprint density at radius 3 is 2.33 bits per heavy atom. The summed E-state index contributed by atoms with van der Waals surface area (Å²) in [6, 6.07) is 13.2. The van der Waals surface area contributed by atoms with Gasteiger partial charge in [0, 0.05) is 30.3 Å². The van der Waals surface area contributed by atoms with Gasteiger partial charge in [0.25, 0.3) is 15.9 Å². The normalized spacial score (nSPS) is 19.8. The van der Waals surface area contributed by atoms with Gasteiger partial charge in [0.1, 0.15) is 12.4 Å². The van der Waals surface area contributed by atoms with Crippen LogP contribution >= 0.6 is 0 Å². The summed E-state index contributed by atoms with van der Waals surface area (Å²) < 4.78 is 41.7. The van der Waals surface area contributed by atoms with Gasteiger partial charge in [-0.25, -0.2) is 28.1 Å². The van der Waals surface area contributed by atoms with E-state index in [1.54, 1.807) is 35.5 Å². The number of aryl methyl sites for hydroxylation is 2. The lowest BCUT2D eigenvalue weighted by Gasteiger charge is -2.55. The van der Waals surface area contributed by atoms with Crippen molar-refractivity contribution in [2.45, 2.75) is 58.5 Å². The maximum absolute atomic E-state index is 14.4. The molecular formula is C36H41N7O5S. The third-order valence-corrected chi connectivity index (χ3v) is 10.6. The molecular weight excluding hydrogens is 643 g/mol. The van der Waals surface area contributed by atoms with E-state index in [1.165, 1.54) is 12.1 Å². The molecule has 2 aromatic carbocycles. The number of rotatable bonds is 5. The van der Waals surface area contributed by atoms with Crippen molar-refractivity contribution in [3.63, 3.8) is 0 Å². The van der Waals surface area contributed by atoms with Crippen molar-refractivity contribution in [3.8, 4) is 17.1 Å². The summed E-state index contributed by atoms with van der Waals surface area (Å²) in [6.07, 6.45) is 4.17. The molecule has 0 aliphatic carbocycles. The van der Waals surface area contributed by atoms with Crippen molar-refractivity contribution < 1.29 is 22.7 Å². The lowest BCUT2D eigenvalue weighted by atomic mass is 9.78. The van der Waals surface area contributed by atoms with Gasteiger partial charge in [-0.3, -0.25) is 4.79 Å². The van der Waals surface area contributed by atoms with Crippen molar-refractivity contribution in [3.05, 3.63) is 83.4 Å². The number of benzene rings is 2. The van der Waals surface area contributed by atoms with Gasteiger partial charge in [-0.15, -0.1) is 0 Å². The fourth-order valence-electron chi connectivity index (χ4n) is 6.81. The van der Waals surface area contributed by atoms with Crippen LogP contribution in [-0.4, -0.2) is 78.1 Å². The SMILES string of the molecule is Cc1cccc(C)c1-c1cc2nc(n1)NS(=O)(=O)c1cccc(c1)C(=O)N(Cc1ncc(N3CC4(COC4)C3)cn1)[C@H](CC(C)(C)C)CO2. The molecule has 256 valence electrons. The molecule has 1 N–H and O–H groups in total. The number of ether oxygens (including phenoxy) is 2. The number of carbonyl (C=O) groups excluding carboxylic acids is 1. The van der Waals surface area contributed by atoms with Crippen LogP contribution in [0.3, 0.4) is 0 Å². The first-order valence-electron chi connectivity index (χ1n) is 16.4. The van der Waals surface area contributed by atoms with Crippen LogP contribution in [0.15, 0.2) is 65.8 Å². The van der Waals surface area contributed by atoms with Crippen molar-refractivity contribution in [2.75, 3.05) is 42.5 Å².